The largest absolute Gasteiger partial charge is 0.479 e. The summed E-state index contributed by atoms with van der Waals surface area (Å²) in [5.41, 5.74) is 1.35. The van der Waals surface area contributed by atoms with Crippen molar-refractivity contribution in [2.24, 2.45) is 5.92 Å². The van der Waals surface area contributed by atoms with Gasteiger partial charge in [0.2, 0.25) is 5.91 Å². The van der Waals surface area contributed by atoms with Gasteiger partial charge in [0, 0.05) is 17.3 Å². The lowest BCUT2D eigenvalue weighted by Gasteiger charge is -2.15. The summed E-state index contributed by atoms with van der Waals surface area (Å²) in [7, 11) is 0. The lowest BCUT2D eigenvalue weighted by molar-refractivity contribution is -0.122. The van der Waals surface area contributed by atoms with Crippen molar-refractivity contribution in [1.29, 1.82) is 0 Å². The summed E-state index contributed by atoms with van der Waals surface area (Å²) in [4.78, 5) is 24.0. The molecule has 0 aromatic heterocycles. The van der Waals surface area contributed by atoms with E-state index in [2.05, 4.69) is 10.6 Å². The molecule has 0 saturated heterocycles. The van der Waals surface area contributed by atoms with Gasteiger partial charge in [-0.3, -0.25) is 9.59 Å². The predicted molar refractivity (Wildman–Crippen MR) is 98.0 cm³/mol. The molecule has 0 bridgehead atoms. The molecule has 1 aliphatic carbocycles. The molecule has 0 heterocycles. The minimum Gasteiger partial charge on any atom is -0.479 e. The normalized spacial score (nSPS) is 14.5. The van der Waals surface area contributed by atoms with Crippen LogP contribution in [-0.4, -0.2) is 17.9 Å². The van der Waals surface area contributed by atoms with E-state index in [4.69, 9.17) is 16.3 Å². The highest BCUT2D eigenvalue weighted by Crippen LogP contribution is 2.30. The van der Waals surface area contributed by atoms with Gasteiger partial charge in [0.05, 0.1) is 5.02 Å². The molecule has 2 aromatic rings. The first-order chi connectivity index (χ1) is 12.0. The molecule has 6 heteroatoms. The standard InChI is InChI=1S/C19H19ClN2O3/c1-12(25-17-5-3-2-4-16(17)20)18(23)21-14-8-10-15(11-9-14)22-19(24)13-6-7-13/h2-5,8-13H,6-7H2,1H3,(H,21,23)(H,22,24). The van der Waals surface area contributed by atoms with E-state index >= 15 is 0 Å². The van der Waals surface area contributed by atoms with Crippen LogP contribution in [0.2, 0.25) is 5.02 Å². The Labute approximate surface area is 151 Å². The number of hydrogen-bond acceptors (Lipinski definition) is 3. The molecule has 1 fully saturated rings. The highest BCUT2D eigenvalue weighted by atomic mass is 35.5. The van der Waals surface area contributed by atoms with Gasteiger partial charge in [0.15, 0.2) is 6.10 Å². The van der Waals surface area contributed by atoms with Crippen molar-refractivity contribution >= 4 is 34.8 Å². The molecule has 25 heavy (non-hydrogen) atoms. The number of amides is 2. The molecule has 5 nitrogen and oxygen atoms in total. The summed E-state index contributed by atoms with van der Waals surface area (Å²) < 4.78 is 5.59. The smallest absolute Gasteiger partial charge is 0.265 e. The van der Waals surface area contributed by atoms with E-state index in [0.717, 1.165) is 18.5 Å². The second kappa shape index (κ2) is 7.57. The molecule has 0 aliphatic heterocycles. The van der Waals surface area contributed by atoms with Crippen LogP contribution in [0.3, 0.4) is 0 Å². The highest BCUT2D eigenvalue weighted by Gasteiger charge is 2.29. The van der Waals surface area contributed by atoms with Crippen molar-refractivity contribution in [3.05, 3.63) is 53.6 Å². The van der Waals surface area contributed by atoms with Crippen LogP contribution in [0.1, 0.15) is 19.8 Å². The molecule has 2 amide bonds. The summed E-state index contributed by atoms with van der Waals surface area (Å²) in [6.07, 6.45) is 1.22. The Morgan fingerprint density at radius 1 is 1.04 bits per heavy atom. The van der Waals surface area contributed by atoms with Crippen molar-refractivity contribution in [2.45, 2.75) is 25.9 Å². The third-order valence-electron chi connectivity index (χ3n) is 3.88. The molecule has 1 aliphatic rings. The number of halogens is 1. The fraction of sp³-hybridized carbons (Fsp3) is 0.263. The molecule has 2 N–H and O–H groups in total. The zero-order chi connectivity index (χ0) is 17.8. The van der Waals surface area contributed by atoms with E-state index < -0.39 is 6.10 Å². The molecule has 130 valence electrons. The Morgan fingerprint density at radius 3 is 2.24 bits per heavy atom. The van der Waals surface area contributed by atoms with Crippen molar-refractivity contribution in [2.75, 3.05) is 10.6 Å². The second-order valence-electron chi connectivity index (χ2n) is 6.02. The molecule has 2 aromatic carbocycles. The molecule has 3 rings (SSSR count). The van der Waals surface area contributed by atoms with Crippen LogP contribution in [0.25, 0.3) is 0 Å². The first-order valence-electron chi connectivity index (χ1n) is 8.16. The van der Waals surface area contributed by atoms with Gasteiger partial charge in [-0.25, -0.2) is 0 Å². The Bertz CT molecular complexity index is 772. The quantitative estimate of drug-likeness (QED) is 0.817. The van der Waals surface area contributed by atoms with Gasteiger partial charge in [-0.15, -0.1) is 0 Å². The van der Waals surface area contributed by atoms with E-state index in [-0.39, 0.29) is 17.7 Å². The number of hydrogen-bond donors (Lipinski definition) is 2. The van der Waals surface area contributed by atoms with Crippen LogP contribution in [0, 0.1) is 5.92 Å². The third kappa shape index (κ3) is 4.73. The lowest BCUT2D eigenvalue weighted by Crippen LogP contribution is -2.30. The summed E-state index contributed by atoms with van der Waals surface area (Å²) in [6.45, 7) is 1.66. The number of benzene rings is 2. The molecular formula is C19H19ClN2O3. The number of nitrogens with one attached hydrogen (secondary N) is 2. The summed E-state index contributed by atoms with van der Waals surface area (Å²) >= 11 is 6.03. The minimum absolute atomic E-state index is 0.0542. The zero-order valence-electron chi connectivity index (χ0n) is 13.8. The first-order valence-corrected chi connectivity index (χ1v) is 8.53. The molecular weight excluding hydrogens is 340 g/mol. The second-order valence-corrected chi connectivity index (χ2v) is 6.43. The SMILES string of the molecule is CC(Oc1ccccc1Cl)C(=O)Nc1ccc(NC(=O)C2CC2)cc1. The Balaban J connectivity index is 1.54. The third-order valence-corrected chi connectivity index (χ3v) is 4.19. The Kier molecular flexibility index (Phi) is 5.24. The monoisotopic (exact) mass is 358 g/mol. The van der Waals surface area contributed by atoms with Crippen LogP contribution in [0.4, 0.5) is 11.4 Å². The first kappa shape index (κ1) is 17.3. The maximum atomic E-state index is 12.2. The number of para-hydroxylation sites is 1. The van der Waals surface area contributed by atoms with E-state index in [0.29, 0.717) is 16.5 Å². The van der Waals surface area contributed by atoms with Crippen LogP contribution in [0.15, 0.2) is 48.5 Å². The van der Waals surface area contributed by atoms with E-state index in [1.165, 1.54) is 0 Å². The Hall–Kier alpha value is -2.53. The van der Waals surface area contributed by atoms with E-state index in [1.807, 2.05) is 0 Å². The van der Waals surface area contributed by atoms with Crippen molar-refractivity contribution in [3.63, 3.8) is 0 Å². The average molecular weight is 359 g/mol. The van der Waals surface area contributed by atoms with E-state index in [9.17, 15) is 9.59 Å². The van der Waals surface area contributed by atoms with Crippen LogP contribution in [0.5, 0.6) is 5.75 Å². The number of ether oxygens (including phenoxy) is 1. The van der Waals surface area contributed by atoms with Gasteiger partial charge < -0.3 is 15.4 Å². The van der Waals surface area contributed by atoms with Crippen molar-refractivity contribution in [1.82, 2.24) is 0 Å². The Morgan fingerprint density at radius 2 is 1.64 bits per heavy atom. The van der Waals surface area contributed by atoms with Crippen LogP contribution >= 0.6 is 11.6 Å². The molecule has 1 atom stereocenters. The molecule has 1 unspecified atom stereocenters. The fourth-order valence-corrected chi connectivity index (χ4v) is 2.44. The lowest BCUT2D eigenvalue weighted by atomic mass is 10.2. The molecule has 0 spiro atoms. The zero-order valence-corrected chi connectivity index (χ0v) is 14.5. The summed E-state index contributed by atoms with van der Waals surface area (Å²) in [5.74, 6) is 0.389. The summed E-state index contributed by atoms with van der Waals surface area (Å²) in [5, 5.41) is 6.09. The predicted octanol–water partition coefficient (Wildman–Crippen LogP) is 4.09. The highest BCUT2D eigenvalue weighted by molar-refractivity contribution is 6.32. The molecule has 0 radical (unpaired) electrons. The van der Waals surface area contributed by atoms with Crippen LogP contribution in [-0.2, 0) is 9.59 Å². The van der Waals surface area contributed by atoms with Gasteiger partial charge >= 0.3 is 0 Å². The number of carbonyl (C=O) groups is 2. The van der Waals surface area contributed by atoms with E-state index in [1.54, 1.807) is 55.5 Å². The van der Waals surface area contributed by atoms with Gasteiger partial charge in [0.25, 0.3) is 5.91 Å². The number of rotatable bonds is 6. The van der Waals surface area contributed by atoms with Crippen LogP contribution < -0.4 is 15.4 Å². The topological polar surface area (TPSA) is 67.4 Å². The maximum absolute atomic E-state index is 12.2. The number of anilines is 2. The van der Waals surface area contributed by atoms with Crippen molar-refractivity contribution < 1.29 is 14.3 Å². The average Bonchev–Trinajstić information content (AvgIpc) is 3.43. The number of carbonyl (C=O) groups excluding carboxylic acids is 2. The maximum Gasteiger partial charge on any atom is 0.265 e. The molecule has 1 saturated carbocycles. The fourth-order valence-electron chi connectivity index (χ4n) is 2.25. The minimum atomic E-state index is -0.700. The summed E-state index contributed by atoms with van der Waals surface area (Å²) in [6, 6.07) is 14.0. The van der Waals surface area contributed by atoms with Crippen molar-refractivity contribution in [3.8, 4) is 5.75 Å². The van der Waals surface area contributed by atoms with Gasteiger partial charge in [-0.2, -0.15) is 0 Å². The van der Waals surface area contributed by atoms with Gasteiger partial charge in [-0.05, 0) is 56.2 Å². The van der Waals surface area contributed by atoms with Gasteiger partial charge in [0.1, 0.15) is 5.75 Å². The van der Waals surface area contributed by atoms with Gasteiger partial charge in [-0.1, -0.05) is 23.7 Å².